The molecule has 3 N–H and O–H groups in total. The van der Waals surface area contributed by atoms with E-state index in [1.54, 1.807) is 29.3 Å². The Hall–Kier alpha value is -4.05. The van der Waals surface area contributed by atoms with Crippen LogP contribution in [0.15, 0.2) is 78.9 Å². The van der Waals surface area contributed by atoms with Crippen LogP contribution in [-0.4, -0.2) is 79.6 Å². The van der Waals surface area contributed by atoms with Crippen molar-refractivity contribution < 1.29 is 19.1 Å². The molecule has 5 rings (SSSR count). The zero-order chi connectivity index (χ0) is 30.7. The van der Waals surface area contributed by atoms with Crippen molar-refractivity contribution >= 4 is 23.5 Å². The minimum atomic E-state index is -0.435. The zero-order valence-electron chi connectivity index (χ0n) is 25.5. The number of ketones is 1. The van der Waals surface area contributed by atoms with Gasteiger partial charge in [0, 0.05) is 56.0 Å². The SMILES string of the molecule is CCN(NCC1CC1)C(=O)c1cccc(C(=O)CNCCN2CCC(OC(=O)Nc3ccccc3-c3ccccc3)CC2)c1. The lowest BCUT2D eigenvalue weighted by Crippen LogP contribution is -2.43. The van der Waals surface area contributed by atoms with Gasteiger partial charge in [-0.3, -0.25) is 19.9 Å². The molecule has 9 nitrogen and oxygen atoms in total. The number of ether oxygens (including phenoxy) is 1. The Bertz CT molecular complexity index is 1400. The van der Waals surface area contributed by atoms with Gasteiger partial charge in [-0.15, -0.1) is 0 Å². The number of likely N-dealkylation sites (tertiary alicyclic amines) is 1. The van der Waals surface area contributed by atoms with Gasteiger partial charge in [-0.1, -0.05) is 60.7 Å². The molecule has 44 heavy (non-hydrogen) atoms. The van der Waals surface area contributed by atoms with E-state index in [4.69, 9.17) is 4.74 Å². The number of nitrogens with zero attached hydrogens (tertiary/aromatic N) is 2. The molecule has 0 unspecified atom stereocenters. The van der Waals surface area contributed by atoms with Crippen LogP contribution in [0.3, 0.4) is 0 Å². The molecule has 2 fully saturated rings. The van der Waals surface area contributed by atoms with Gasteiger partial charge in [0.05, 0.1) is 12.2 Å². The first kappa shape index (κ1) is 31.4. The van der Waals surface area contributed by atoms with E-state index in [9.17, 15) is 14.4 Å². The molecule has 0 bridgehead atoms. The summed E-state index contributed by atoms with van der Waals surface area (Å²) in [5.74, 6) is 0.509. The smallest absolute Gasteiger partial charge is 0.411 e. The second-order valence-electron chi connectivity index (χ2n) is 11.5. The topological polar surface area (TPSA) is 103 Å². The van der Waals surface area contributed by atoms with Crippen molar-refractivity contribution in [2.45, 2.75) is 38.7 Å². The Balaban J connectivity index is 0.999. The Morgan fingerprint density at radius 1 is 0.886 bits per heavy atom. The summed E-state index contributed by atoms with van der Waals surface area (Å²) >= 11 is 0. The maximum atomic E-state index is 13.0. The van der Waals surface area contributed by atoms with Gasteiger partial charge in [0.2, 0.25) is 0 Å². The number of rotatable bonds is 14. The van der Waals surface area contributed by atoms with E-state index in [2.05, 4.69) is 21.0 Å². The van der Waals surface area contributed by atoms with Crippen LogP contribution in [0.5, 0.6) is 0 Å². The standard InChI is InChI=1S/C35H43N5O4/c1-2-40(37-24-26-15-16-26)34(42)29-12-8-11-28(23-29)33(41)25-36-19-22-39-20-17-30(18-21-39)44-35(43)38-32-14-7-6-13-31(32)27-9-4-3-5-10-27/h3-14,23,26,30,36-37H,2,15-22,24-25H2,1H3,(H,38,43). The Morgan fingerprint density at radius 2 is 1.61 bits per heavy atom. The number of amides is 2. The number of carbonyl (C=O) groups is 3. The van der Waals surface area contributed by atoms with E-state index < -0.39 is 6.09 Å². The molecule has 2 amide bonds. The van der Waals surface area contributed by atoms with Gasteiger partial charge in [-0.05, 0) is 62.3 Å². The van der Waals surface area contributed by atoms with Gasteiger partial charge in [0.1, 0.15) is 6.10 Å². The van der Waals surface area contributed by atoms with E-state index in [1.165, 1.54) is 12.8 Å². The molecule has 0 aromatic heterocycles. The highest BCUT2D eigenvalue weighted by Gasteiger charge is 2.24. The number of para-hydroxylation sites is 1. The van der Waals surface area contributed by atoms with E-state index in [0.717, 1.165) is 55.8 Å². The highest BCUT2D eigenvalue weighted by molar-refractivity contribution is 6.01. The monoisotopic (exact) mass is 597 g/mol. The fraction of sp³-hybridized carbons (Fsp3) is 0.400. The van der Waals surface area contributed by atoms with Gasteiger partial charge < -0.3 is 15.0 Å². The average molecular weight is 598 g/mol. The number of nitrogens with one attached hydrogen (secondary N) is 3. The molecule has 0 atom stereocenters. The number of Topliss-reactive ketones (excluding diaryl/α,β-unsaturated/α-hetero) is 1. The molecule has 1 aliphatic heterocycles. The number of hydrogen-bond acceptors (Lipinski definition) is 7. The molecule has 0 spiro atoms. The summed E-state index contributed by atoms with van der Waals surface area (Å²) in [6, 6.07) is 24.6. The predicted octanol–water partition coefficient (Wildman–Crippen LogP) is 5.22. The second kappa shape index (κ2) is 15.6. The van der Waals surface area contributed by atoms with Crippen LogP contribution in [0.25, 0.3) is 11.1 Å². The quantitative estimate of drug-likeness (QED) is 0.133. The summed E-state index contributed by atoms with van der Waals surface area (Å²) in [5, 5.41) is 7.80. The van der Waals surface area contributed by atoms with E-state index >= 15 is 0 Å². The zero-order valence-corrected chi connectivity index (χ0v) is 25.5. The van der Waals surface area contributed by atoms with Crippen molar-refractivity contribution in [2.24, 2.45) is 5.92 Å². The molecule has 3 aromatic rings. The largest absolute Gasteiger partial charge is 0.446 e. The first-order valence-electron chi connectivity index (χ1n) is 15.7. The number of hydrazine groups is 1. The fourth-order valence-electron chi connectivity index (χ4n) is 5.41. The summed E-state index contributed by atoms with van der Waals surface area (Å²) in [5.41, 5.74) is 6.99. The molecule has 2 aliphatic rings. The van der Waals surface area contributed by atoms with Gasteiger partial charge in [-0.2, -0.15) is 0 Å². The maximum Gasteiger partial charge on any atom is 0.411 e. The summed E-state index contributed by atoms with van der Waals surface area (Å²) in [6.45, 7) is 6.63. The fourth-order valence-corrected chi connectivity index (χ4v) is 5.41. The number of piperidine rings is 1. The normalized spacial score (nSPS) is 15.5. The molecule has 1 aliphatic carbocycles. The van der Waals surface area contributed by atoms with Gasteiger partial charge in [0.25, 0.3) is 5.91 Å². The molecular formula is C35H43N5O4. The number of anilines is 1. The Labute approximate surface area is 259 Å². The molecule has 1 saturated heterocycles. The lowest BCUT2D eigenvalue weighted by Gasteiger charge is -2.31. The number of benzene rings is 3. The van der Waals surface area contributed by atoms with Crippen LogP contribution in [0, 0.1) is 5.92 Å². The van der Waals surface area contributed by atoms with E-state index in [0.29, 0.717) is 30.1 Å². The lowest BCUT2D eigenvalue weighted by atomic mass is 10.0. The molecule has 1 saturated carbocycles. The van der Waals surface area contributed by atoms with Crippen molar-refractivity contribution in [3.8, 4) is 11.1 Å². The van der Waals surface area contributed by atoms with Crippen LogP contribution < -0.4 is 16.1 Å². The van der Waals surface area contributed by atoms with Crippen molar-refractivity contribution in [2.75, 3.05) is 51.1 Å². The summed E-state index contributed by atoms with van der Waals surface area (Å²) in [6.07, 6.45) is 3.39. The van der Waals surface area contributed by atoms with Gasteiger partial charge >= 0.3 is 6.09 Å². The molecule has 0 radical (unpaired) electrons. The van der Waals surface area contributed by atoms with Crippen molar-refractivity contribution in [1.82, 2.24) is 20.7 Å². The van der Waals surface area contributed by atoms with Gasteiger partial charge in [0.15, 0.2) is 5.78 Å². The lowest BCUT2D eigenvalue weighted by molar-refractivity contribution is 0.0592. The maximum absolute atomic E-state index is 13.0. The van der Waals surface area contributed by atoms with Crippen molar-refractivity contribution in [1.29, 1.82) is 0 Å². The van der Waals surface area contributed by atoms with E-state index in [-0.39, 0.29) is 24.3 Å². The average Bonchev–Trinajstić information content (AvgIpc) is 3.89. The van der Waals surface area contributed by atoms with Crippen LogP contribution in [0.4, 0.5) is 10.5 Å². The highest BCUT2D eigenvalue weighted by atomic mass is 16.6. The van der Waals surface area contributed by atoms with Crippen molar-refractivity contribution in [3.05, 3.63) is 90.0 Å². The highest BCUT2D eigenvalue weighted by Crippen LogP contribution is 2.28. The third-order valence-electron chi connectivity index (χ3n) is 8.21. The third-order valence-corrected chi connectivity index (χ3v) is 8.21. The molecular weight excluding hydrogens is 554 g/mol. The second-order valence-corrected chi connectivity index (χ2v) is 11.5. The summed E-state index contributed by atoms with van der Waals surface area (Å²) < 4.78 is 5.75. The third kappa shape index (κ3) is 8.98. The predicted molar refractivity (Wildman–Crippen MR) is 173 cm³/mol. The summed E-state index contributed by atoms with van der Waals surface area (Å²) in [7, 11) is 0. The Morgan fingerprint density at radius 3 is 2.36 bits per heavy atom. The first-order chi connectivity index (χ1) is 21.5. The van der Waals surface area contributed by atoms with Crippen LogP contribution in [0.1, 0.15) is 53.3 Å². The number of hydrogen-bond donors (Lipinski definition) is 3. The van der Waals surface area contributed by atoms with Crippen LogP contribution in [-0.2, 0) is 4.74 Å². The molecule has 232 valence electrons. The summed E-state index contributed by atoms with van der Waals surface area (Å²) in [4.78, 5) is 40.8. The van der Waals surface area contributed by atoms with E-state index in [1.807, 2.05) is 61.5 Å². The molecule has 9 heteroatoms. The minimum Gasteiger partial charge on any atom is -0.446 e. The Kier molecular flexibility index (Phi) is 11.1. The molecule has 3 aromatic carbocycles. The van der Waals surface area contributed by atoms with Gasteiger partial charge in [-0.25, -0.2) is 10.2 Å². The van der Waals surface area contributed by atoms with Crippen LogP contribution >= 0.6 is 0 Å². The van der Waals surface area contributed by atoms with Crippen molar-refractivity contribution in [3.63, 3.8) is 0 Å². The minimum absolute atomic E-state index is 0.0411. The first-order valence-corrected chi connectivity index (χ1v) is 15.7. The molecule has 1 heterocycles. The van der Waals surface area contributed by atoms with Crippen LogP contribution in [0.2, 0.25) is 0 Å². The number of carbonyl (C=O) groups excluding carboxylic acids is 3.